The number of rotatable bonds is 6. The quantitative estimate of drug-likeness (QED) is 0.450. The third-order valence-electron chi connectivity index (χ3n) is 5.06. The molecule has 4 heteroatoms. The van der Waals surface area contributed by atoms with Gasteiger partial charge in [-0.1, -0.05) is 54.1 Å². The summed E-state index contributed by atoms with van der Waals surface area (Å²) in [6.45, 7) is 4.55. The summed E-state index contributed by atoms with van der Waals surface area (Å²) in [5, 5.41) is 10.4. The van der Waals surface area contributed by atoms with Crippen molar-refractivity contribution >= 4 is 16.9 Å². The van der Waals surface area contributed by atoms with Gasteiger partial charge in [0.1, 0.15) is 12.4 Å². The molecule has 2 N–H and O–H groups in total. The molecule has 1 aromatic heterocycles. The smallest absolute Gasteiger partial charge is 0.307 e. The monoisotopic (exact) mass is 385 g/mol. The topological polar surface area (TPSA) is 62.3 Å². The largest absolute Gasteiger partial charge is 0.489 e. The van der Waals surface area contributed by atoms with E-state index in [1.165, 1.54) is 0 Å². The average molecular weight is 385 g/mol. The lowest BCUT2D eigenvalue weighted by molar-refractivity contribution is -0.136. The van der Waals surface area contributed by atoms with Crippen LogP contribution in [0.15, 0.2) is 66.7 Å². The second kappa shape index (κ2) is 7.84. The molecule has 0 saturated carbocycles. The van der Waals surface area contributed by atoms with Gasteiger partial charge in [0.2, 0.25) is 0 Å². The van der Waals surface area contributed by atoms with Crippen molar-refractivity contribution in [1.29, 1.82) is 0 Å². The molecule has 0 amide bonds. The molecule has 0 atom stereocenters. The van der Waals surface area contributed by atoms with Gasteiger partial charge in [-0.3, -0.25) is 4.79 Å². The number of hydrogen-bond acceptors (Lipinski definition) is 2. The summed E-state index contributed by atoms with van der Waals surface area (Å²) in [5.41, 5.74) is 6.86. The van der Waals surface area contributed by atoms with Crippen LogP contribution in [0.25, 0.3) is 22.2 Å². The lowest BCUT2D eigenvalue weighted by Crippen LogP contribution is -2.01. The van der Waals surface area contributed by atoms with Crippen LogP contribution in [-0.4, -0.2) is 16.1 Å². The zero-order valence-electron chi connectivity index (χ0n) is 16.5. The van der Waals surface area contributed by atoms with Crippen molar-refractivity contribution in [3.05, 3.63) is 89.0 Å². The van der Waals surface area contributed by atoms with Gasteiger partial charge in [-0.15, -0.1) is 0 Å². The summed E-state index contributed by atoms with van der Waals surface area (Å²) in [4.78, 5) is 15.0. The summed E-state index contributed by atoms with van der Waals surface area (Å²) in [6, 6.07) is 22.0. The van der Waals surface area contributed by atoms with Crippen molar-refractivity contribution in [2.24, 2.45) is 0 Å². The van der Waals surface area contributed by atoms with Gasteiger partial charge in [-0.05, 0) is 48.7 Å². The molecule has 0 saturated heterocycles. The Morgan fingerprint density at radius 1 is 1.00 bits per heavy atom. The summed E-state index contributed by atoms with van der Waals surface area (Å²) < 4.78 is 5.96. The van der Waals surface area contributed by atoms with Crippen LogP contribution in [-0.2, 0) is 17.8 Å². The van der Waals surface area contributed by atoms with Gasteiger partial charge < -0.3 is 14.8 Å². The van der Waals surface area contributed by atoms with Gasteiger partial charge in [0.05, 0.1) is 12.1 Å². The minimum Gasteiger partial charge on any atom is -0.489 e. The molecule has 0 spiro atoms. The first-order valence-electron chi connectivity index (χ1n) is 9.62. The number of carboxylic acid groups (broad SMARTS) is 1. The molecule has 4 rings (SSSR count). The van der Waals surface area contributed by atoms with Gasteiger partial charge in [-0.25, -0.2) is 0 Å². The van der Waals surface area contributed by atoms with Crippen LogP contribution in [0.5, 0.6) is 5.75 Å². The predicted octanol–water partition coefficient (Wildman–Crippen LogP) is 5.66. The number of ether oxygens (including phenoxy) is 1. The lowest BCUT2D eigenvalue weighted by Gasteiger charge is -2.09. The number of fused-ring (bicyclic) bond motifs is 1. The highest BCUT2D eigenvalue weighted by Crippen LogP contribution is 2.34. The number of H-pyrrole nitrogens is 1. The van der Waals surface area contributed by atoms with E-state index in [4.69, 9.17) is 4.74 Å². The second-order valence-electron chi connectivity index (χ2n) is 7.36. The Bertz CT molecular complexity index is 1180. The Balaban J connectivity index is 1.74. The highest BCUT2D eigenvalue weighted by molar-refractivity contribution is 5.96. The summed E-state index contributed by atoms with van der Waals surface area (Å²) in [7, 11) is 0. The Morgan fingerprint density at radius 3 is 2.55 bits per heavy atom. The molecule has 146 valence electrons. The fraction of sp³-hybridized carbons (Fsp3) is 0.160. The molecule has 0 aliphatic heterocycles. The van der Waals surface area contributed by atoms with Gasteiger partial charge in [0.25, 0.3) is 0 Å². The first kappa shape index (κ1) is 18.8. The minimum atomic E-state index is -0.845. The maximum absolute atomic E-state index is 11.6. The average Bonchev–Trinajstić information content (AvgIpc) is 3.05. The molecule has 0 aliphatic rings. The van der Waals surface area contributed by atoms with E-state index in [2.05, 4.69) is 17.1 Å². The number of nitrogens with one attached hydrogen (secondary N) is 1. The molecule has 0 aliphatic carbocycles. The predicted molar refractivity (Wildman–Crippen MR) is 115 cm³/mol. The fourth-order valence-electron chi connectivity index (χ4n) is 3.77. The van der Waals surface area contributed by atoms with Crippen molar-refractivity contribution in [3.8, 4) is 17.0 Å². The van der Waals surface area contributed by atoms with Crippen molar-refractivity contribution in [2.45, 2.75) is 26.9 Å². The maximum atomic E-state index is 11.6. The zero-order valence-corrected chi connectivity index (χ0v) is 16.5. The van der Waals surface area contributed by atoms with E-state index < -0.39 is 5.97 Å². The summed E-state index contributed by atoms with van der Waals surface area (Å²) >= 11 is 0. The Kier molecular flexibility index (Phi) is 5.09. The second-order valence-corrected chi connectivity index (χ2v) is 7.36. The third kappa shape index (κ3) is 4.02. The maximum Gasteiger partial charge on any atom is 0.307 e. The third-order valence-corrected chi connectivity index (χ3v) is 5.06. The first-order valence-corrected chi connectivity index (χ1v) is 9.62. The molecular weight excluding hydrogens is 362 g/mol. The van der Waals surface area contributed by atoms with E-state index in [0.29, 0.717) is 6.61 Å². The molecule has 4 aromatic rings. The van der Waals surface area contributed by atoms with Crippen molar-refractivity contribution in [2.75, 3.05) is 0 Å². The molecule has 4 nitrogen and oxygen atoms in total. The Labute approximate surface area is 169 Å². The fourth-order valence-corrected chi connectivity index (χ4v) is 3.77. The highest BCUT2D eigenvalue weighted by Gasteiger charge is 2.17. The molecule has 29 heavy (non-hydrogen) atoms. The highest BCUT2D eigenvalue weighted by atomic mass is 16.5. The number of aryl methyl sites for hydroxylation is 2. The molecule has 3 aromatic carbocycles. The number of aromatic nitrogens is 1. The number of carbonyl (C=O) groups is 1. The molecule has 0 radical (unpaired) electrons. The van der Waals surface area contributed by atoms with Crippen molar-refractivity contribution < 1.29 is 14.6 Å². The van der Waals surface area contributed by atoms with E-state index in [0.717, 1.165) is 50.2 Å². The van der Waals surface area contributed by atoms with Crippen molar-refractivity contribution in [3.63, 3.8) is 0 Å². The van der Waals surface area contributed by atoms with Crippen LogP contribution < -0.4 is 4.74 Å². The number of hydrogen-bond donors (Lipinski definition) is 2. The SMILES string of the molecule is Cc1cc(C)c2[nH]c(-c3cccc(OCc4ccccc4)c3)c(CC(=O)O)c2c1. The van der Waals surface area contributed by atoms with Crippen LogP contribution in [0.2, 0.25) is 0 Å². The van der Waals surface area contributed by atoms with Crippen LogP contribution in [0.3, 0.4) is 0 Å². The normalized spacial score (nSPS) is 11.0. The van der Waals surface area contributed by atoms with Gasteiger partial charge in [0, 0.05) is 16.5 Å². The first-order chi connectivity index (χ1) is 14.0. The summed E-state index contributed by atoms with van der Waals surface area (Å²) in [5.74, 6) is -0.0954. The zero-order chi connectivity index (χ0) is 20.4. The Morgan fingerprint density at radius 2 is 1.79 bits per heavy atom. The standard InChI is InChI=1S/C25H23NO3/c1-16-11-17(2)24-21(12-16)22(14-23(27)28)25(26-24)19-9-6-10-20(13-19)29-15-18-7-4-3-5-8-18/h3-13,26H,14-15H2,1-2H3,(H,27,28). The van der Waals surface area contributed by atoms with Crippen LogP contribution in [0, 0.1) is 13.8 Å². The minimum absolute atomic E-state index is 0.0344. The summed E-state index contributed by atoms with van der Waals surface area (Å²) in [6.07, 6.45) is -0.0344. The van der Waals surface area contributed by atoms with Gasteiger partial charge in [0.15, 0.2) is 0 Å². The Hall–Kier alpha value is -3.53. The molecule has 0 bridgehead atoms. The number of carboxylic acids is 1. The van der Waals surface area contributed by atoms with E-state index >= 15 is 0 Å². The van der Waals surface area contributed by atoms with Crippen LogP contribution in [0.4, 0.5) is 0 Å². The van der Waals surface area contributed by atoms with Gasteiger partial charge >= 0.3 is 5.97 Å². The van der Waals surface area contributed by atoms with E-state index in [1.54, 1.807) is 0 Å². The van der Waals surface area contributed by atoms with Crippen LogP contribution >= 0.6 is 0 Å². The lowest BCUT2D eigenvalue weighted by atomic mass is 10.00. The van der Waals surface area contributed by atoms with Crippen LogP contribution in [0.1, 0.15) is 22.3 Å². The molecular formula is C25H23NO3. The molecule has 0 unspecified atom stereocenters. The van der Waals surface area contributed by atoms with Gasteiger partial charge in [-0.2, -0.15) is 0 Å². The molecule has 0 fully saturated rings. The number of aromatic amines is 1. The number of aliphatic carboxylic acids is 1. The van der Waals surface area contributed by atoms with E-state index in [1.807, 2.05) is 68.4 Å². The van der Waals surface area contributed by atoms with E-state index in [9.17, 15) is 9.90 Å². The number of benzene rings is 3. The molecule has 1 heterocycles. The van der Waals surface area contributed by atoms with Crippen molar-refractivity contribution in [1.82, 2.24) is 4.98 Å². The van der Waals surface area contributed by atoms with E-state index in [-0.39, 0.29) is 6.42 Å².